The van der Waals surface area contributed by atoms with E-state index in [1.165, 1.54) is 0 Å². The van der Waals surface area contributed by atoms with Gasteiger partial charge < -0.3 is 5.73 Å². The molecule has 0 saturated heterocycles. The molecule has 0 aliphatic heterocycles. The van der Waals surface area contributed by atoms with Gasteiger partial charge in [-0.05, 0) is 37.1 Å². The van der Waals surface area contributed by atoms with Gasteiger partial charge >= 0.3 is 0 Å². The molecule has 0 aliphatic carbocycles. The van der Waals surface area contributed by atoms with E-state index in [2.05, 4.69) is 9.97 Å². The maximum absolute atomic E-state index is 5.87. The molecule has 1 aromatic heterocycles. The van der Waals surface area contributed by atoms with E-state index in [4.69, 9.17) is 17.3 Å². The number of nitrogens with two attached hydrogens (primary N) is 1. The first kappa shape index (κ1) is 12.0. The molecule has 0 amide bonds. The summed E-state index contributed by atoms with van der Waals surface area (Å²) in [6.45, 7) is 0.676. The third-order valence-electron chi connectivity index (χ3n) is 2.56. The first-order chi connectivity index (χ1) is 8.31. The summed E-state index contributed by atoms with van der Waals surface area (Å²) in [6.07, 6.45) is 5.26. The third kappa shape index (κ3) is 3.02. The summed E-state index contributed by atoms with van der Waals surface area (Å²) in [5.41, 5.74) is 8.67. The maximum Gasteiger partial charge on any atom is 0.116 e. The minimum absolute atomic E-state index is 0.676. The van der Waals surface area contributed by atoms with Crippen molar-refractivity contribution < 1.29 is 0 Å². The van der Waals surface area contributed by atoms with E-state index in [0.29, 0.717) is 6.54 Å². The van der Waals surface area contributed by atoms with E-state index in [1.807, 2.05) is 30.5 Å². The number of rotatable bonds is 4. The van der Waals surface area contributed by atoms with Crippen molar-refractivity contribution in [2.75, 3.05) is 6.54 Å². The predicted molar refractivity (Wildman–Crippen MR) is 69.9 cm³/mol. The lowest BCUT2D eigenvalue weighted by Gasteiger charge is -2.07. The number of aryl methyl sites for hydroxylation is 1. The van der Waals surface area contributed by atoms with E-state index in [9.17, 15) is 0 Å². The third-order valence-corrected chi connectivity index (χ3v) is 2.81. The van der Waals surface area contributed by atoms with E-state index >= 15 is 0 Å². The van der Waals surface area contributed by atoms with Crippen LogP contribution in [-0.4, -0.2) is 16.5 Å². The van der Waals surface area contributed by atoms with Crippen LogP contribution in [0.2, 0.25) is 5.02 Å². The first-order valence-corrected chi connectivity index (χ1v) is 5.94. The highest BCUT2D eigenvalue weighted by Gasteiger charge is 2.06. The topological polar surface area (TPSA) is 51.8 Å². The molecule has 0 saturated carbocycles. The second kappa shape index (κ2) is 5.75. The Morgan fingerprint density at radius 1 is 1.18 bits per heavy atom. The van der Waals surface area contributed by atoms with Crippen molar-refractivity contribution in [2.45, 2.75) is 12.8 Å². The van der Waals surface area contributed by atoms with Gasteiger partial charge in [0.2, 0.25) is 0 Å². The molecule has 17 heavy (non-hydrogen) atoms. The largest absolute Gasteiger partial charge is 0.330 e. The number of hydrogen-bond donors (Lipinski definition) is 1. The number of nitrogens with zero attached hydrogens (tertiary/aromatic N) is 2. The van der Waals surface area contributed by atoms with Gasteiger partial charge in [0.1, 0.15) is 6.33 Å². The molecule has 0 aliphatic rings. The first-order valence-electron chi connectivity index (χ1n) is 5.56. The summed E-state index contributed by atoms with van der Waals surface area (Å²) in [4.78, 5) is 8.40. The average molecular weight is 248 g/mol. The lowest BCUT2D eigenvalue weighted by atomic mass is 10.0. The van der Waals surface area contributed by atoms with Crippen LogP contribution in [0.4, 0.5) is 0 Å². The van der Waals surface area contributed by atoms with Gasteiger partial charge in [0.15, 0.2) is 0 Å². The Balaban J connectivity index is 2.33. The molecule has 0 radical (unpaired) electrons. The van der Waals surface area contributed by atoms with Crippen LogP contribution >= 0.6 is 11.6 Å². The second-order valence-electron chi connectivity index (χ2n) is 3.80. The summed E-state index contributed by atoms with van der Waals surface area (Å²) < 4.78 is 0. The Labute approximate surface area is 106 Å². The monoisotopic (exact) mass is 247 g/mol. The number of benzene rings is 1. The molecule has 0 atom stereocenters. The molecular weight excluding hydrogens is 234 g/mol. The quantitative estimate of drug-likeness (QED) is 0.904. The van der Waals surface area contributed by atoms with Crippen molar-refractivity contribution in [3.05, 3.63) is 47.4 Å². The zero-order valence-electron chi connectivity index (χ0n) is 9.44. The summed E-state index contributed by atoms with van der Waals surface area (Å²) in [6, 6.07) is 7.67. The van der Waals surface area contributed by atoms with Crippen molar-refractivity contribution in [2.24, 2.45) is 5.73 Å². The van der Waals surface area contributed by atoms with Crippen molar-refractivity contribution in [1.82, 2.24) is 9.97 Å². The molecule has 0 fully saturated rings. The van der Waals surface area contributed by atoms with Crippen molar-refractivity contribution in [3.8, 4) is 11.3 Å². The van der Waals surface area contributed by atoms with E-state index in [0.717, 1.165) is 34.7 Å². The lowest BCUT2D eigenvalue weighted by Crippen LogP contribution is -2.02. The summed E-state index contributed by atoms with van der Waals surface area (Å²) in [5.74, 6) is 0. The summed E-state index contributed by atoms with van der Waals surface area (Å²) in [5, 5.41) is 0.728. The Morgan fingerprint density at radius 3 is 2.65 bits per heavy atom. The molecule has 1 aromatic carbocycles. The Kier molecular flexibility index (Phi) is 4.07. The van der Waals surface area contributed by atoms with E-state index in [1.54, 1.807) is 6.33 Å². The fraction of sp³-hybridized carbons (Fsp3) is 0.231. The Bertz CT molecular complexity index is 482. The fourth-order valence-corrected chi connectivity index (χ4v) is 1.83. The van der Waals surface area contributed by atoms with Crippen LogP contribution in [-0.2, 0) is 6.42 Å². The zero-order valence-corrected chi connectivity index (χ0v) is 10.2. The Hall–Kier alpha value is -1.45. The molecule has 0 spiro atoms. The lowest BCUT2D eigenvalue weighted by molar-refractivity contribution is 0.825. The van der Waals surface area contributed by atoms with Crippen LogP contribution in [0.5, 0.6) is 0 Å². The molecule has 0 bridgehead atoms. The van der Waals surface area contributed by atoms with Gasteiger partial charge in [0, 0.05) is 16.8 Å². The molecule has 2 aromatic rings. The fourth-order valence-electron chi connectivity index (χ4n) is 1.70. The van der Waals surface area contributed by atoms with Gasteiger partial charge in [-0.3, -0.25) is 0 Å². The minimum atomic E-state index is 0.676. The molecule has 0 unspecified atom stereocenters. The van der Waals surface area contributed by atoms with Gasteiger partial charge in [-0.25, -0.2) is 9.97 Å². The SMILES string of the molecule is NCCCc1cncnc1-c1ccc(Cl)cc1. The maximum atomic E-state index is 5.87. The van der Waals surface area contributed by atoms with Crippen LogP contribution in [0, 0.1) is 0 Å². The van der Waals surface area contributed by atoms with Gasteiger partial charge in [-0.15, -0.1) is 0 Å². The van der Waals surface area contributed by atoms with E-state index in [-0.39, 0.29) is 0 Å². The Morgan fingerprint density at radius 2 is 1.94 bits per heavy atom. The van der Waals surface area contributed by atoms with E-state index < -0.39 is 0 Å². The second-order valence-corrected chi connectivity index (χ2v) is 4.23. The van der Waals surface area contributed by atoms with Crippen molar-refractivity contribution in [3.63, 3.8) is 0 Å². The van der Waals surface area contributed by atoms with Crippen LogP contribution < -0.4 is 5.73 Å². The van der Waals surface area contributed by atoms with Crippen molar-refractivity contribution in [1.29, 1.82) is 0 Å². The molecule has 2 rings (SSSR count). The highest BCUT2D eigenvalue weighted by Crippen LogP contribution is 2.23. The van der Waals surface area contributed by atoms with Gasteiger partial charge in [-0.1, -0.05) is 23.7 Å². The highest BCUT2D eigenvalue weighted by molar-refractivity contribution is 6.30. The van der Waals surface area contributed by atoms with Crippen LogP contribution in [0.15, 0.2) is 36.8 Å². The molecule has 1 heterocycles. The molecule has 4 heteroatoms. The van der Waals surface area contributed by atoms with Crippen LogP contribution in [0.25, 0.3) is 11.3 Å². The number of hydrogen-bond acceptors (Lipinski definition) is 3. The van der Waals surface area contributed by atoms with Crippen LogP contribution in [0.3, 0.4) is 0 Å². The average Bonchev–Trinajstić information content (AvgIpc) is 2.38. The normalized spacial score (nSPS) is 10.5. The number of aromatic nitrogens is 2. The summed E-state index contributed by atoms with van der Waals surface area (Å²) >= 11 is 5.87. The smallest absolute Gasteiger partial charge is 0.116 e. The molecule has 2 N–H and O–H groups in total. The molecule has 88 valence electrons. The number of halogens is 1. The minimum Gasteiger partial charge on any atom is -0.330 e. The highest BCUT2D eigenvalue weighted by atomic mass is 35.5. The van der Waals surface area contributed by atoms with Gasteiger partial charge in [-0.2, -0.15) is 0 Å². The predicted octanol–water partition coefficient (Wildman–Crippen LogP) is 2.69. The molecular formula is C13H14ClN3. The zero-order chi connectivity index (χ0) is 12.1. The molecule has 3 nitrogen and oxygen atoms in total. The van der Waals surface area contributed by atoms with Gasteiger partial charge in [0.05, 0.1) is 5.69 Å². The van der Waals surface area contributed by atoms with Crippen molar-refractivity contribution >= 4 is 11.6 Å². The van der Waals surface area contributed by atoms with Gasteiger partial charge in [0.25, 0.3) is 0 Å². The standard InChI is InChI=1S/C13H14ClN3/c14-12-5-3-10(4-6-12)13-11(2-1-7-15)8-16-9-17-13/h3-6,8-9H,1-2,7,15H2. The van der Waals surface area contributed by atoms with Crippen LogP contribution in [0.1, 0.15) is 12.0 Å². The summed E-state index contributed by atoms with van der Waals surface area (Å²) in [7, 11) is 0.